The first-order valence-corrected chi connectivity index (χ1v) is 8.52. The van der Waals surface area contributed by atoms with Gasteiger partial charge in [-0.1, -0.05) is 6.42 Å². The Kier molecular flexibility index (Phi) is 3.44. The minimum atomic E-state index is -3.15. The van der Waals surface area contributed by atoms with Crippen molar-refractivity contribution >= 4 is 21.5 Å². The summed E-state index contributed by atoms with van der Waals surface area (Å²) < 4.78 is 30.8. The van der Waals surface area contributed by atoms with Crippen molar-refractivity contribution in [3.8, 4) is 0 Å². The molecule has 0 amide bonds. The molecule has 0 aliphatic carbocycles. The summed E-state index contributed by atoms with van der Waals surface area (Å²) in [6.45, 7) is 0. The average molecular weight is 308 g/mol. The lowest BCUT2D eigenvalue weighted by Gasteiger charge is -2.20. The molecule has 1 aliphatic rings. The van der Waals surface area contributed by atoms with E-state index in [0.29, 0.717) is 29.7 Å². The molecule has 1 saturated heterocycles. The van der Waals surface area contributed by atoms with E-state index >= 15 is 0 Å². The zero-order valence-corrected chi connectivity index (χ0v) is 12.5. The highest BCUT2D eigenvalue weighted by Crippen LogP contribution is 2.33. The van der Waals surface area contributed by atoms with Crippen LogP contribution in [0.2, 0.25) is 0 Å². The van der Waals surface area contributed by atoms with E-state index in [-0.39, 0.29) is 5.75 Å². The Morgan fingerprint density at radius 1 is 1.43 bits per heavy atom. The van der Waals surface area contributed by atoms with Crippen molar-refractivity contribution in [2.24, 2.45) is 0 Å². The maximum Gasteiger partial charge on any atom is 0.341 e. The van der Waals surface area contributed by atoms with Crippen LogP contribution in [0.5, 0.6) is 0 Å². The van der Waals surface area contributed by atoms with Crippen molar-refractivity contribution in [3.63, 3.8) is 0 Å². The van der Waals surface area contributed by atoms with Gasteiger partial charge in [-0.3, -0.25) is 0 Å². The fourth-order valence-corrected chi connectivity index (χ4v) is 4.64. The van der Waals surface area contributed by atoms with E-state index in [0.717, 1.165) is 6.42 Å². The van der Waals surface area contributed by atoms with Gasteiger partial charge in [0, 0.05) is 12.4 Å². The molecule has 3 rings (SSSR count). The number of hydrogen-bond acceptors (Lipinski definition) is 5. The summed E-state index contributed by atoms with van der Waals surface area (Å²) in [5, 5.41) is -0.573. The lowest BCUT2D eigenvalue weighted by atomic mass is 10.1. The van der Waals surface area contributed by atoms with E-state index in [9.17, 15) is 13.2 Å². The lowest BCUT2D eigenvalue weighted by molar-refractivity contribution is 0.0602. The number of nitrogens with zero attached hydrogens (tertiary/aromatic N) is 2. The molecule has 0 aromatic carbocycles. The third kappa shape index (κ3) is 2.42. The molecule has 6 nitrogen and oxygen atoms in total. The summed E-state index contributed by atoms with van der Waals surface area (Å²) in [5.74, 6) is -0.278. The van der Waals surface area contributed by atoms with E-state index in [1.54, 1.807) is 28.9 Å². The predicted molar refractivity (Wildman–Crippen MR) is 76.9 cm³/mol. The topological polar surface area (TPSA) is 77.7 Å². The number of esters is 1. The van der Waals surface area contributed by atoms with Crippen LogP contribution in [0.4, 0.5) is 0 Å². The summed E-state index contributed by atoms with van der Waals surface area (Å²) in [5.41, 5.74) is 1.27. The Balaban J connectivity index is 2.11. The Morgan fingerprint density at radius 3 is 2.95 bits per heavy atom. The van der Waals surface area contributed by atoms with Gasteiger partial charge in [0.15, 0.2) is 15.5 Å². The molecular formula is C14H16N2O4S. The van der Waals surface area contributed by atoms with Crippen molar-refractivity contribution in [2.45, 2.75) is 24.5 Å². The first-order valence-electron chi connectivity index (χ1n) is 6.80. The smallest absolute Gasteiger partial charge is 0.341 e. The van der Waals surface area contributed by atoms with E-state index in [4.69, 9.17) is 4.74 Å². The predicted octanol–water partition coefficient (Wildman–Crippen LogP) is 1.76. The molecule has 0 bridgehead atoms. The minimum Gasteiger partial charge on any atom is -0.465 e. The molecule has 3 heterocycles. The van der Waals surface area contributed by atoms with Crippen LogP contribution in [-0.2, 0) is 14.6 Å². The molecule has 0 saturated carbocycles. The Labute approximate surface area is 122 Å². The fourth-order valence-electron chi connectivity index (χ4n) is 2.74. The number of carbonyl (C=O) groups excluding carboxylic acids is 1. The second-order valence-corrected chi connectivity index (χ2v) is 7.46. The third-order valence-corrected chi connectivity index (χ3v) is 6.02. The van der Waals surface area contributed by atoms with Gasteiger partial charge in [0.05, 0.1) is 18.6 Å². The number of rotatable bonds is 2. The van der Waals surface area contributed by atoms with Crippen LogP contribution < -0.4 is 0 Å². The monoisotopic (exact) mass is 308 g/mol. The molecule has 1 unspecified atom stereocenters. The Hall–Kier alpha value is -1.89. The van der Waals surface area contributed by atoms with Crippen molar-refractivity contribution in [3.05, 3.63) is 35.8 Å². The second-order valence-electron chi connectivity index (χ2n) is 5.16. The maximum atomic E-state index is 12.2. The zero-order valence-electron chi connectivity index (χ0n) is 11.7. The van der Waals surface area contributed by atoms with Crippen LogP contribution in [0.25, 0.3) is 5.65 Å². The largest absolute Gasteiger partial charge is 0.465 e. The molecule has 112 valence electrons. The van der Waals surface area contributed by atoms with Gasteiger partial charge in [0.25, 0.3) is 0 Å². The van der Waals surface area contributed by atoms with Crippen molar-refractivity contribution in [1.29, 1.82) is 0 Å². The first-order chi connectivity index (χ1) is 10.0. The number of methoxy groups -OCH3 is 1. The van der Waals surface area contributed by atoms with Gasteiger partial charge in [-0.15, -0.1) is 0 Å². The number of imidazole rings is 1. The summed E-state index contributed by atoms with van der Waals surface area (Å²) in [4.78, 5) is 16.1. The SMILES string of the molecule is COC(=O)c1cccn2cc(C3CCCCS3(=O)=O)nc12. The van der Waals surface area contributed by atoms with E-state index in [1.165, 1.54) is 7.11 Å². The molecule has 1 atom stereocenters. The number of carbonyl (C=O) groups is 1. The molecule has 0 N–H and O–H groups in total. The fraction of sp³-hybridized carbons (Fsp3) is 0.429. The summed E-state index contributed by atoms with van der Waals surface area (Å²) in [7, 11) is -1.85. The van der Waals surface area contributed by atoms with E-state index in [2.05, 4.69) is 4.98 Å². The van der Waals surface area contributed by atoms with Gasteiger partial charge < -0.3 is 9.14 Å². The van der Waals surface area contributed by atoms with Gasteiger partial charge in [-0.05, 0) is 25.0 Å². The first kappa shape index (κ1) is 14.1. The number of fused-ring (bicyclic) bond motifs is 1. The van der Waals surface area contributed by atoms with Gasteiger partial charge in [-0.25, -0.2) is 18.2 Å². The van der Waals surface area contributed by atoms with E-state index < -0.39 is 21.1 Å². The number of ether oxygens (including phenoxy) is 1. The average Bonchev–Trinajstić information content (AvgIpc) is 2.89. The molecule has 1 fully saturated rings. The number of aromatic nitrogens is 2. The molecule has 21 heavy (non-hydrogen) atoms. The molecular weight excluding hydrogens is 292 g/mol. The molecule has 7 heteroatoms. The molecule has 1 aliphatic heterocycles. The second kappa shape index (κ2) is 5.14. The highest BCUT2D eigenvalue weighted by atomic mass is 32.2. The maximum absolute atomic E-state index is 12.2. The van der Waals surface area contributed by atoms with Crippen LogP contribution in [-0.4, -0.2) is 36.6 Å². The van der Waals surface area contributed by atoms with Crippen LogP contribution in [0.3, 0.4) is 0 Å². The molecule has 2 aromatic rings. The van der Waals surface area contributed by atoms with E-state index in [1.807, 2.05) is 0 Å². The third-order valence-electron chi connectivity index (χ3n) is 3.82. The molecule has 2 aromatic heterocycles. The molecule has 0 radical (unpaired) electrons. The lowest BCUT2D eigenvalue weighted by Crippen LogP contribution is -2.21. The summed E-state index contributed by atoms with van der Waals surface area (Å²) >= 11 is 0. The van der Waals surface area contributed by atoms with Crippen LogP contribution in [0.1, 0.15) is 40.6 Å². The Morgan fingerprint density at radius 2 is 2.24 bits per heavy atom. The highest BCUT2D eigenvalue weighted by molar-refractivity contribution is 7.91. The Bertz CT molecular complexity index is 794. The van der Waals surface area contributed by atoms with Crippen LogP contribution in [0, 0.1) is 0 Å². The summed E-state index contributed by atoms with van der Waals surface area (Å²) in [6, 6.07) is 3.33. The van der Waals surface area contributed by atoms with Gasteiger partial charge in [-0.2, -0.15) is 0 Å². The van der Waals surface area contributed by atoms with Gasteiger partial charge >= 0.3 is 5.97 Å². The van der Waals surface area contributed by atoms with Crippen molar-refractivity contribution in [2.75, 3.05) is 12.9 Å². The van der Waals surface area contributed by atoms with Crippen molar-refractivity contribution < 1.29 is 17.9 Å². The normalized spacial score (nSPS) is 21.3. The van der Waals surface area contributed by atoms with Crippen molar-refractivity contribution in [1.82, 2.24) is 9.38 Å². The highest BCUT2D eigenvalue weighted by Gasteiger charge is 2.32. The summed E-state index contributed by atoms with van der Waals surface area (Å²) in [6.07, 6.45) is 5.60. The quantitative estimate of drug-likeness (QED) is 0.790. The number of sulfone groups is 1. The minimum absolute atomic E-state index is 0.204. The zero-order chi connectivity index (χ0) is 15.0. The standard InChI is InChI=1S/C14H16N2O4S/c1-20-14(17)10-5-4-7-16-9-11(15-13(10)16)12-6-2-3-8-21(12,18)19/h4-5,7,9,12H,2-3,6,8H2,1H3. The number of pyridine rings is 1. The van der Waals surface area contributed by atoms with Crippen LogP contribution >= 0.6 is 0 Å². The number of hydrogen-bond donors (Lipinski definition) is 0. The molecule has 0 spiro atoms. The van der Waals surface area contributed by atoms with Gasteiger partial charge in [0.1, 0.15) is 10.8 Å². The van der Waals surface area contributed by atoms with Crippen LogP contribution in [0.15, 0.2) is 24.5 Å². The van der Waals surface area contributed by atoms with Gasteiger partial charge in [0.2, 0.25) is 0 Å².